The average molecular weight is 316 g/mol. The lowest BCUT2D eigenvalue weighted by molar-refractivity contribution is 0.0696. The fourth-order valence-corrected chi connectivity index (χ4v) is 2.01. The van der Waals surface area contributed by atoms with Gasteiger partial charge in [0.25, 0.3) is 5.91 Å². The van der Waals surface area contributed by atoms with E-state index in [1.807, 2.05) is 26.8 Å². The number of carboxylic acid groups (broad SMARTS) is 1. The minimum Gasteiger partial charge on any atom is -0.478 e. The second-order valence-corrected chi connectivity index (χ2v) is 6.34. The molecule has 23 heavy (non-hydrogen) atoms. The molecule has 0 aliphatic rings. The maximum absolute atomic E-state index is 12.0. The van der Waals surface area contributed by atoms with E-state index >= 15 is 0 Å². The molecule has 6 nitrogen and oxygen atoms in total. The van der Waals surface area contributed by atoms with Crippen molar-refractivity contribution in [2.75, 3.05) is 6.54 Å². The number of carbonyl (C=O) groups is 2. The molecule has 0 aliphatic heterocycles. The summed E-state index contributed by atoms with van der Waals surface area (Å²) in [7, 11) is 0. The van der Waals surface area contributed by atoms with Crippen molar-refractivity contribution >= 4 is 11.9 Å². The smallest absolute Gasteiger partial charge is 0.335 e. The lowest BCUT2D eigenvalue weighted by atomic mass is 9.93. The second kappa shape index (κ2) is 6.64. The van der Waals surface area contributed by atoms with Crippen LogP contribution in [-0.2, 0) is 11.8 Å². The minimum atomic E-state index is -0.965. The Morgan fingerprint density at radius 1 is 1.26 bits per heavy atom. The van der Waals surface area contributed by atoms with E-state index in [1.54, 1.807) is 18.2 Å². The maximum Gasteiger partial charge on any atom is 0.335 e. The number of hydrogen-bond donors (Lipinski definition) is 2. The Hall–Kier alpha value is -2.63. The van der Waals surface area contributed by atoms with Gasteiger partial charge in [-0.3, -0.25) is 4.79 Å². The molecule has 2 rings (SSSR count). The minimum absolute atomic E-state index is 0.206. The molecule has 2 N–H and O–H groups in total. The monoisotopic (exact) mass is 316 g/mol. The second-order valence-electron chi connectivity index (χ2n) is 6.34. The van der Waals surface area contributed by atoms with Gasteiger partial charge in [0, 0.05) is 18.0 Å². The summed E-state index contributed by atoms with van der Waals surface area (Å²) in [5, 5.41) is 15.5. The van der Waals surface area contributed by atoms with E-state index in [1.165, 1.54) is 6.07 Å². The summed E-state index contributed by atoms with van der Waals surface area (Å²) in [6, 6.07) is 8.29. The summed E-state index contributed by atoms with van der Waals surface area (Å²) in [6.45, 7) is 6.32. The molecule has 0 saturated carbocycles. The Morgan fingerprint density at radius 3 is 2.61 bits per heavy atom. The SMILES string of the molecule is CC(C)(C)c1cc(C(=O)NCCc2cccc(C(=O)O)c2)no1. The Morgan fingerprint density at radius 2 is 2.00 bits per heavy atom. The fraction of sp³-hybridized carbons (Fsp3) is 0.353. The third-order valence-electron chi connectivity index (χ3n) is 3.36. The standard InChI is InChI=1S/C17H20N2O4/c1-17(2,3)14-10-13(19-23-14)15(20)18-8-7-11-5-4-6-12(9-11)16(21)22/h4-6,9-10H,7-8H2,1-3H3,(H,18,20)(H,21,22). The van der Waals surface area contributed by atoms with Gasteiger partial charge in [-0.25, -0.2) is 4.79 Å². The van der Waals surface area contributed by atoms with Gasteiger partial charge in [0.1, 0.15) is 5.76 Å². The highest BCUT2D eigenvalue weighted by Gasteiger charge is 2.21. The highest BCUT2D eigenvalue weighted by Crippen LogP contribution is 2.22. The Labute approximate surface area is 134 Å². The van der Waals surface area contributed by atoms with Gasteiger partial charge in [0.15, 0.2) is 5.69 Å². The van der Waals surface area contributed by atoms with Gasteiger partial charge in [-0.2, -0.15) is 0 Å². The van der Waals surface area contributed by atoms with E-state index in [0.29, 0.717) is 18.7 Å². The van der Waals surface area contributed by atoms with Gasteiger partial charge < -0.3 is 14.9 Å². The van der Waals surface area contributed by atoms with E-state index in [-0.39, 0.29) is 22.6 Å². The summed E-state index contributed by atoms with van der Waals surface area (Å²) >= 11 is 0. The number of nitrogens with zero attached hydrogens (tertiary/aromatic N) is 1. The Kier molecular flexibility index (Phi) is 4.83. The van der Waals surface area contributed by atoms with Crippen LogP contribution in [0.2, 0.25) is 0 Å². The number of carbonyl (C=O) groups excluding carboxylic acids is 1. The lowest BCUT2D eigenvalue weighted by Crippen LogP contribution is -2.26. The largest absolute Gasteiger partial charge is 0.478 e. The Balaban J connectivity index is 1.91. The molecule has 0 fully saturated rings. The first-order chi connectivity index (χ1) is 10.8. The number of hydrogen-bond acceptors (Lipinski definition) is 4. The zero-order valence-corrected chi connectivity index (χ0v) is 13.4. The van der Waals surface area contributed by atoms with Crippen molar-refractivity contribution in [2.24, 2.45) is 0 Å². The molecule has 0 atom stereocenters. The van der Waals surface area contributed by atoms with Gasteiger partial charge in [0.05, 0.1) is 5.56 Å². The van der Waals surface area contributed by atoms with Crippen molar-refractivity contribution in [3.63, 3.8) is 0 Å². The predicted molar refractivity (Wildman–Crippen MR) is 84.6 cm³/mol. The van der Waals surface area contributed by atoms with Crippen LogP contribution in [0.5, 0.6) is 0 Å². The van der Waals surface area contributed by atoms with Crippen LogP contribution < -0.4 is 5.32 Å². The van der Waals surface area contributed by atoms with Crippen LogP contribution in [0.25, 0.3) is 0 Å². The summed E-state index contributed by atoms with van der Waals surface area (Å²) in [5.74, 6) is -0.622. The molecule has 2 aromatic rings. The van der Waals surface area contributed by atoms with Gasteiger partial charge in [0.2, 0.25) is 0 Å². The normalized spacial score (nSPS) is 11.3. The molecule has 0 spiro atoms. The molecule has 1 amide bonds. The number of nitrogens with one attached hydrogen (secondary N) is 1. The zero-order chi connectivity index (χ0) is 17.0. The van der Waals surface area contributed by atoms with Crippen molar-refractivity contribution in [1.82, 2.24) is 10.5 Å². The van der Waals surface area contributed by atoms with Crippen LogP contribution >= 0.6 is 0 Å². The molecule has 1 heterocycles. The predicted octanol–water partition coefficient (Wildman–Crippen LogP) is 2.64. The van der Waals surface area contributed by atoms with Crippen molar-refractivity contribution < 1.29 is 19.2 Å². The fourth-order valence-electron chi connectivity index (χ4n) is 2.01. The van der Waals surface area contributed by atoms with Crippen LogP contribution in [0, 0.1) is 0 Å². The third kappa shape index (κ3) is 4.42. The van der Waals surface area contributed by atoms with Crippen LogP contribution in [0.1, 0.15) is 52.9 Å². The molecule has 0 saturated heterocycles. The maximum atomic E-state index is 12.0. The lowest BCUT2D eigenvalue weighted by Gasteiger charge is -2.12. The quantitative estimate of drug-likeness (QED) is 0.884. The molecular weight excluding hydrogens is 296 g/mol. The van der Waals surface area contributed by atoms with Crippen molar-refractivity contribution in [3.8, 4) is 0 Å². The van der Waals surface area contributed by atoms with E-state index < -0.39 is 5.97 Å². The summed E-state index contributed by atoms with van der Waals surface area (Å²) in [5.41, 5.74) is 1.12. The molecule has 6 heteroatoms. The summed E-state index contributed by atoms with van der Waals surface area (Å²) < 4.78 is 5.18. The molecule has 0 unspecified atom stereocenters. The summed E-state index contributed by atoms with van der Waals surface area (Å²) in [6.07, 6.45) is 0.539. The summed E-state index contributed by atoms with van der Waals surface area (Å²) in [4.78, 5) is 22.9. The molecule has 122 valence electrons. The van der Waals surface area contributed by atoms with Gasteiger partial charge in [-0.1, -0.05) is 38.1 Å². The molecular formula is C17H20N2O4. The number of benzene rings is 1. The van der Waals surface area contributed by atoms with Crippen LogP contribution in [0.3, 0.4) is 0 Å². The zero-order valence-electron chi connectivity index (χ0n) is 13.4. The van der Waals surface area contributed by atoms with Gasteiger partial charge in [-0.15, -0.1) is 0 Å². The first-order valence-corrected chi connectivity index (χ1v) is 7.35. The third-order valence-corrected chi connectivity index (χ3v) is 3.36. The number of rotatable bonds is 5. The van der Waals surface area contributed by atoms with Crippen LogP contribution in [-0.4, -0.2) is 28.7 Å². The van der Waals surface area contributed by atoms with Crippen molar-refractivity contribution in [2.45, 2.75) is 32.6 Å². The van der Waals surface area contributed by atoms with Gasteiger partial charge >= 0.3 is 5.97 Å². The number of aromatic carboxylic acids is 1. The van der Waals surface area contributed by atoms with E-state index in [2.05, 4.69) is 10.5 Å². The molecule has 1 aromatic heterocycles. The van der Waals surface area contributed by atoms with Crippen LogP contribution in [0.4, 0.5) is 0 Å². The first-order valence-electron chi connectivity index (χ1n) is 7.35. The van der Waals surface area contributed by atoms with Crippen LogP contribution in [0.15, 0.2) is 34.9 Å². The van der Waals surface area contributed by atoms with Crippen molar-refractivity contribution in [1.29, 1.82) is 0 Å². The average Bonchev–Trinajstić information content (AvgIpc) is 2.97. The molecule has 0 radical (unpaired) electrons. The van der Waals surface area contributed by atoms with Crippen molar-refractivity contribution in [3.05, 3.63) is 52.9 Å². The van der Waals surface area contributed by atoms with E-state index in [9.17, 15) is 9.59 Å². The number of aromatic nitrogens is 1. The molecule has 0 aliphatic carbocycles. The van der Waals surface area contributed by atoms with E-state index in [0.717, 1.165) is 5.56 Å². The number of amides is 1. The Bertz CT molecular complexity index is 713. The first kappa shape index (κ1) is 16.7. The molecule has 0 bridgehead atoms. The van der Waals surface area contributed by atoms with Gasteiger partial charge in [-0.05, 0) is 24.1 Å². The highest BCUT2D eigenvalue weighted by molar-refractivity contribution is 5.92. The topological polar surface area (TPSA) is 92.4 Å². The molecule has 1 aromatic carbocycles. The van der Waals surface area contributed by atoms with E-state index in [4.69, 9.17) is 9.63 Å². The number of carboxylic acids is 1. The highest BCUT2D eigenvalue weighted by atomic mass is 16.5.